The highest BCUT2D eigenvalue weighted by Gasteiger charge is 2.26. The summed E-state index contributed by atoms with van der Waals surface area (Å²) in [6.45, 7) is 10.6. The molecule has 4 N–H and O–H groups in total. The Balaban J connectivity index is 3.98. The molecule has 0 aliphatic carbocycles. The van der Waals surface area contributed by atoms with E-state index in [-0.39, 0.29) is 17.9 Å². The van der Waals surface area contributed by atoms with Crippen molar-refractivity contribution in [1.29, 1.82) is 0 Å². The van der Waals surface area contributed by atoms with E-state index in [0.29, 0.717) is 19.0 Å². The van der Waals surface area contributed by atoms with E-state index in [9.17, 15) is 9.59 Å². The number of nitrogens with one attached hydrogen (secondary N) is 2. The van der Waals surface area contributed by atoms with Crippen LogP contribution in [-0.4, -0.2) is 30.9 Å². The Morgan fingerprint density at radius 3 is 2.22 bits per heavy atom. The summed E-state index contributed by atoms with van der Waals surface area (Å²) in [7, 11) is 0. The summed E-state index contributed by atoms with van der Waals surface area (Å²) in [5.74, 6) is 0.153. The fraction of sp³-hybridized carbons (Fsp3) is 0.846. The fourth-order valence-electron chi connectivity index (χ4n) is 1.23. The van der Waals surface area contributed by atoms with Crippen LogP contribution in [0.5, 0.6) is 0 Å². The molecule has 0 rings (SSSR count). The van der Waals surface area contributed by atoms with Crippen molar-refractivity contribution in [3.63, 3.8) is 0 Å². The number of amides is 2. The number of carbonyl (C=O) groups excluding carboxylic acids is 2. The smallest absolute Gasteiger partial charge is 0.236 e. The van der Waals surface area contributed by atoms with Gasteiger partial charge in [-0.05, 0) is 33.1 Å². The van der Waals surface area contributed by atoms with Crippen LogP contribution in [0, 0.1) is 11.3 Å². The first-order chi connectivity index (χ1) is 8.16. The van der Waals surface area contributed by atoms with E-state index >= 15 is 0 Å². The van der Waals surface area contributed by atoms with Crippen molar-refractivity contribution >= 4 is 11.8 Å². The number of rotatable bonds is 8. The molecule has 1 atom stereocenters. The van der Waals surface area contributed by atoms with Gasteiger partial charge in [-0.1, -0.05) is 13.8 Å². The van der Waals surface area contributed by atoms with Gasteiger partial charge in [-0.15, -0.1) is 0 Å². The van der Waals surface area contributed by atoms with Gasteiger partial charge >= 0.3 is 0 Å². The lowest BCUT2D eigenvalue weighted by Crippen LogP contribution is -2.48. The van der Waals surface area contributed by atoms with E-state index in [0.717, 1.165) is 6.42 Å². The summed E-state index contributed by atoms with van der Waals surface area (Å²) >= 11 is 0. The van der Waals surface area contributed by atoms with Gasteiger partial charge in [0.2, 0.25) is 11.8 Å². The Labute approximate surface area is 110 Å². The predicted molar refractivity (Wildman–Crippen MR) is 72.9 cm³/mol. The summed E-state index contributed by atoms with van der Waals surface area (Å²) in [5, 5.41) is 5.89. The van der Waals surface area contributed by atoms with Gasteiger partial charge in [0.15, 0.2) is 0 Å². The molecule has 0 fully saturated rings. The molecule has 0 saturated carbocycles. The summed E-state index contributed by atoms with van der Waals surface area (Å²) in [6, 6.07) is -0.323. The zero-order chi connectivity index (χ0) is 14.3. The third-order valence-electron chi connectivity index (χ3n) is 2.93. The van der Waals surface area contributed by atoms with Crippen LogP contribution < -0.4 is 16.4 Å². The molecule has 0 aromatic rings. The zero-order valence-electron chi connectivity index (χ0n) is 12.2. The monoisotopic (exact) mass is 257 g/mol. The molecule has 0 aliphatic heterocycles. The van der Waals surface area contributed by atoms with Gasteiger partial charge in [-0.3, -0.25) is 9.59 Å². The second-order valence-electron chi connectivity index (χ2n) is 5.82. The first kappa shape index (κ1) is 16.9. The molecule has 0 aliphatic rings. The van der Waals surface area contributed by atoms with Crippen molar-refractivity contribution in [1.82, 2.24) is 10.6 Å². The molecule has 5 nitrogen and oxygen atoms in total. The molecule has 0 aromatic heterocycles. The minimum atomic E-state index is -0.646. The van der Waals surface area contributed by atoms with E-state index < -0.39 is 5.41 Å². The molecule has 0 aromatic carbocycles. The van der Waals surface area contributed by atoms with Gasteiger partial charge in [0, 0.05) is 13.1 Å². The Morgan fingerprint density at radius 2 is 1.78 bits per heavy atom. The maximum absolute atomic E-state index is 11.7. The lowest BCUT2D eigenvalue weighted by atomic mass is 9.92. The van der Waals surface area contributed by atoms with Crippen LogP contribution in [0.1, 0.15) is 41.0 Å². The van der Waals surface area contributed by atoms with Crippen LogP contribution >= 0.6 is 0 Å². The summed E-state index contributed by atoms with van der Waals surface area (Å²) in [5.41, 5.74) is 4.62. The second-order valence-corrected chi connectivity index (χ2v) is 5.82. The SMILES string of the molecule is CC(C)CCNC(=O)C(C)NCC(C)(C)C(N)=O. The van der Waals surface area contributed by atoms with Crippen LogP contribution in [0.4, 0.5) is 0 Å². The molecular formula is C13H27N3O2. The first-order valence-electron chi connectivity index (χ1n) is 6.48. The largest absolute Gasteiger partial charge is 0.369 e. The van der Waals surface area contributed by atoms with Crippen molar-refractivity contribution in [3.05, 3.63) is 0 Å². The van der Waals surface area contributed by atoms with Crippen LogP contribution in [-0.2, 0) is 9.59 Å². The van der Waals surface area contributed by atoms with Gasteiger partial charge in [0.25, 0.3) is 0 Å². The maximum Gasteiger partial charge on any atom is 0.236 e. The van der Waals surface area contributed by atoms with Crippen LogP contribution in [0.2, 0.25) is 0 Å². The van der Waals surface area contributed by atoms with E-state index in [1.54, 1.807) is 20.8 Å². The standard InChI is InChI=1S/C13H27N3O2/c1-9(2)6-7-15-11(17)10(3)16-8-13(4,5)12(14)18/h9-10,16H,6-8H2,1-5H3,(H2,14,18)(H,15,17). The van der Waals surface area contributed by atoms with Crippen molar-refractivity contribution in [2.45, 2.75) is 47.1 Å². The summed E-state index contributed by atoms with van der Waals surface area (Å²) in [4.78, 5) is 22.9. The van der Waals surface area contributed by atoms with Crippen LogP contribution in [0.25, 0.3) is 0 Å². The normalized spacial score (nSPS) is 13.4. The lowest BCUT2D eigenvalue weighted by Gasteiger charge is -2.23. The molecule has 0 heterocycles. The quantitative estimate of drug-likeness (QED) is 0.596. The van der Waals surface area contributed by atoms with E-state index in [1.807, 2.05) is 0 Å². The number of nitrogens with two attached hydrogens (primary N) is 1. The average molecular weight is 257 g/mol. The molecule has 106 valence electrons. The lowest BCUT2D eigenvalue weighted by molar-refractivity contribution is -0.127. The van der Waals surface area contributed by atoms with E-state index in [1.165, 1.54) is 0 Å². The van der Waals surface area contributed by atoms with Gasteiger partial charge in [-0.25, -0.2) is 0 Å². The molecule has 0 saturated heterocycles. The summed E-state index contributed by atoms with van der Waals surface area (Å²) < 4.78 is 0. The number of hydrogen-bond donors (Lipinski definition) is 3. The highest BCUT2D eigenvalue weighted by atomic mass is 16.2. The first-order valence-corrected chi connectivity index (χ1v) is 6.48. The molecule has 0 bridgehead atoms. The van der Waals surface area contributed by atoms with Gasteiger partial charge < -0.3 is 16.4 Å². The minimum Gasteiger partial charge on any atom is -0.369 e. The Bertz CT molecular complexity index is 288. The highest BCUT2D eigenvalue weighted by Crippen LogP contribution is 2.12. The maximum atomic E-state index is 11.7. The van der Waals surface area contributed by atoms with E-state index in [4.69, 9.17) is 5.73 Å². The van der Waals surface area contributed by atoms with Gasteiger partial charge in [0.05, 0.1) is 11.5 Å². The number of carbonyl (C=O) groups is 2. The third-order valence-corrected chi connectivity index (χ3v) is 2.93. The molecular weight excluding hydrogens is 230 g/mol. The Morgan fingerprint density at radius 1 is 1.22 bits per heavy atom. The van der Waals surface area contributed by atoms with Crippen molar-refractivity contribution < 1.29 is 9.59 Å². The van der Waals surface area contributed by atoms with E-state index in [2.05, 4.69) is 24.5 Å². The number of hydrogen-bond acceptors (Lipinski definition) is 3. The van der Waals surface area contributed by atoms with Crippen LogP contribution in [0.15, 0.2) is 0 Å². The fourth-order valence-corrected chi connectivity index (χ4v) is 1.23. The molecule has 5 heteroatoms. The topological polar surface area (TPSA) is 84.2 Å². The molecule has 18 heavy (non-hydrogen) atoms. The van der Waals surface area contributed by atoms with Gasteiger partial charge in [0.1, 0.15) is 0 Å². The number of primary amides is 1. The second kappa shape index (κ2) is 7.36. The van der Waals surface area contributed by atoms with Crippen LogP contribution in [0.3, 0.4) is 0 Å². The zero-order valence-corrected chi connectivity index (χ0v) is 12.2. The highest BCUT2D eigenvalue weighted by molar-refractivity contribution is 5.82. The van der Waals surface area contributed by atoms with Crippen molar-refractivity contribution in [2.75, 3.05) is 13.1 Å². The Kier molecular flexibility index (Phi) is 6.91. The van der Waals surface area contributed by atoms with Gasteiger partial charge in [-0.2, -0.15) is 0 Å². The molecule has 1 unspecified atom stereocenters. The Hall–Kier alpha value is -1.10. The molecule has 2 amide bonds. The summed E-state index contributed by atoms with van der Waals surface area (Å²) in [6.07, 6.45) is 0.964. The van der Waals surface area contributed by atoms with Crippen molar-refractivity contribution in [3.8, 4) is 0 Å². The molecule has 0 radical (unpaired) electrons. The average Bonchev–Trinajstić information content (AvgIpc) is 2.25. The van der Waals surface area contributed by atoms with Crippen molar-refractivity contribution in [2.24, 2.45) is 17.1 Å². The third kappa shape index (κ3) is 6.59. The molecule has 0 spiro atoms. The predicted octanol–water partition coefficient (Wildman–Crippen LogP) is 0.638. The minimum absolute atomic E-state index is 0.0454.